The van der Waals surface area contributed by atoms with E-state index in [9.17, 15) is 8.42 Å². The van der Waals surface area contributed by atoms with Gasteiger partial charge in [-0.1, -0.05) is 29.8 Å². The SMILES string of the molecule is COc1ccc(CC2(F)CCN(S(=O)(=O)c3ccc(C)cc3)CC2)cc1. The summed E-state index contributed by atoms with van der Waals surface area (Å²) in [6, 6.07) is 14.1. The molecule has 2 aromatic carbocycles. The normalized spacial score (nSPS) is 17.8. The van der Waals surface area contributed by atoms with Crippen LogP contribution in [0.2, 0.25) is 0 Å². The van der Waals surface area contributed by atoms with Crippen LogP contribution < -0.4 is 4.74 Å². The maximum absolute atomic E-state index is 15.2. The number of aryl methyl sites for hydroxylation is 1. The van der Waals surface area contributed by atoms with Crippen molar-refractivity contribution in [1.29, 1.82) is 0 Å². The number of piperidine rings is 1. The third-order valence-electron chi connectivity index (χ3n) is 4.96. The van der Waals surface area contributed by atoms with Crippen LogP contribution in [0.15, 0.2) is 53.4 Å². The fourth-order valence-corrected chi connectivity index (χ4v) is 4.71. The topological polar surface area (TPSA) is 46.6 Å². The molecule has 1 aliphatic rings. The van der Waals surface area contributed by atoms with E-state index in [1.54, 1.807) is 31.4 Å². The summed E-state index contributed by atoms with van der Waals surface area (Å²) < 4.78 is 47.2. The van der Waals surface area contributed by atoms with Crippen molar-refractivity contribution in [3.63, 3.8) is 0 Å². The Labute approximate surface area is 154 Å². The van der Waals surface area contributed by atoms with E-state index >= 15 is 4.39 Å². The zero-order chi connectivity index (χ0) is 18.8. The Morgan fingerprint density at radius 3 is 2.15 bits per heavy atom. The van der Waals surface area contributed by atoms with Gasteiger partial charge >= 0.3 is 0 Å². The standard InChI is InChI=1S/C20H24FNO3S/c1-16-3-9-19(10-4-16)26(23,24)22-13-11-20(21,12-14-22)15-17-5-7-18(25-2)8-6-17/h3-10H,11-15H2,1-2H3. The minimum atomic E-state index is -3.56. The van der Waals surface area contributed by atoms with E-state index in [1.165, 1.54) is 4.31 Å². The number of hydrogen-bond acceptors (Lipinski definition) is 3. The first-order valence-electron chi connectivity index (χ1n) is 8.71. The van der Waals surface area contributed by atoms with E-state index in [4.69, 9.17) is 4.74 Å². The molecule has 1 heterocycles. The molecule has 0 unspecified atom stereocenters. The van der Waals surface area contributed by atoms with Crippen molar-refractivity contribution in [1.82, 2.24) is 4.31 Å². The number of hydrogen-bond donors (Lipinski definition) is 0. The smallest absolute Gasteiger partial charge is 0.243 e. The lowest BCUT2D eigenvalue weighted by Gasteiger charge is -2.35. The number of rotatable bonds is 5. The van der Waals surface area contributed by atoms with Gasteiger partial charge in [-0.2, -0.15) is 4.31 Å². The zero-order valence-corrected chi connectivity index (χ0v) is 15.9. The van der Waals surface area contributed by atoms with Crippen LogP contribution in [0.4, 0.5) is 4.39 Å². The molecule has 4 nitrogen and oxygen atoms in total. The highest BCUT2D eigenvalue weighted by Crippen LogP contribution is 2.33. The van der Waals surface area contributed by atoms with Gasteiger partial charge in [0.25, 0.3) is 0 Å². The quantitative estimate of drug-likeness (QED) is 0.797. The minimum absolute atomic E-state index is 0.197. The lowest BCUT2D eigenvalue weighted by molar-refractivity contribution is 0.0889. The van der Waals surface area contributed by atoms with Crippen molar-refractivity contribution in [3.8, 4) is 5.75 Å². The van der Waals surface area contributed by atoms with Gasteiger partial charge in [0.2, 0.25) is 10.0 Å². The van der Waals surface area contributed by atoms with E-state index in [0.717, 1.165) is 16.9 Å². The Bertz CT molecular complexity index is 840. The van der Waals surface area contributed by atoms with Crippen LogP contribution in [0.1, 0.15) is 24.0 Å². The molecule has 140 valence electrons. The minimum Gasteiger partial charge on any atom is -0.497 e. The van der Waals surface area contributed by atoms with Crippen molar-refractivity contribution in [2.75, 3.05) is 20.2 Å². The van der Waals surface area contributed by atoms with Crippen molar-refractivity contribution in [2.45, 2.75) is 36.8 Å². The molecular formula is C20H24FNO3S. The molecule has 1 aliphatic heterocycles. The summed E-state index contributed by atoms with van der Waals surface area (Å²) in [5.74, 6) is 0.737. The summed E-state index contributed by atoms with van der Waals surface area (Å²) in [6.07, 6.45) is 0.684. The second-order valence-corrected chi connectivity index (χ2v) is 8.83. The van der Waals surface area contributed by atoms with Gasteiger partial charge in [-0.15, -0.1) is 0 Å². The fourth-order valence-electron chi connectivity index (χ4n) is 3.27. The molecule has 0 N–H and O–H groups in total. The average molecular weight is 377 g/mol. The van der Waals surface area contributed by atoms with Gasteiger partial charge in [0, 0.05) is 19.5 Å². The molecule has 0 radical (unpaired) electrons. The third-order valence-corrected chi connectivity index (χ3v) is 6.87. The molecule has 0 saturated carbocycles. The third kappa shape index (κ3) is 4.07. The molecule has 3 rings (SSSR count). The predicted octanol–water partition coefficient (Wildman–Crippen LogP) is 3.74. The maximum Gasteiger partial charge on any atom is 0.243 e. The Morgan fingerprint density at radius 1 is 1.04 bits per heavy atom. The Morgan fingerprint density at radius 2 is 1.62 bits per heavy atom. The van der Waals surface area contributed by atoms with Crippen molar-refractivity contribution < 1.29 is 17.5 Å². The molecule has 2 aromatic rings. The first-order valence-corrected chi connectivity index (χ1v) is 10.2. The van der Waals surface area contributed by atoms with Crippen LogP contribution in [0.3, 0.4) is 0 Å². The number of halogens is 1. The molecular weight excluding hydrogens is 353 g/mol. The van der Waals surface area contributed by atoms with Gasteiger partial charge in [0.15, 0.2) is 0 Å². The molecule has 0 bridgehead atoms. The van der Waals surface area contributed by atoms with E-state index in [1.807, 2.05) is 31.2 Å². The Hall–Kier alpha value is -1.92. The van der Waals surface area contributed by atoms with Crippen molar-refractivity contribution in [2.24, 2.45) is 0 Å². The van der Waals surface area contributed by atoms with Gasteiger partial charge in [0.1, 0.15) is 11.4 Å². The Balaban J connectivity index is 1.66. The van der Waals surface area contributed by atoms with E-state index < -0.39 is 15.7 Å². The summed E-state index contributed by atoms with van der Waals surface area (Å²) in [5, 5.41) is 0. The largest absolute Gasteiger partial charge is 0.497 e. The van der Waals surface area contributed by atoms with Crippen molar-refractivity contribution >= 4 is 10.0 Å². The predicted molar refractivity (Wildman–Crippen MR) is 99.7 cm³/mol. The van der Waals surface area contributed by atoms with E-state index in [0.29, 0.717) is 0 Å². The molecule has 0 atom stereocenters. The summed E-state index contributed by atoms with van der Waals surface area (Å²) in [5.41, 5.74) is 0.515. The first kappa shape index (κ1) is 18.9. The highest BCUT2D eigenvalue weighted by atomic mass is 32.2. The molecule has 0 amide bonds. The first-order chi connectivity index (χ1) is 12.3. The van der Waals surface area contributed by atoms with Crippen LogP contribution in [0.25, 0.3) is 0 Å². The number of ether oxygens (including phenoxy) is 1. The Kier molecular flexibility index (Phi) is 5.34. The molecule has 0 aliphatic carbocycles. The molecule has 26 heavy (non-hydrogen) atoms. The number of nitrogens with zero attached hydrogens (tertiary/aromatic N) is 1. The highest BCUT2D eigenvalue weighted by molar-refractivity contribution is 7.89. The monoisotopic (exact) mass is 377 g/mol. The fraction of sp³-hybridized carbons (Fsp3) is 0.400. The summed E-state index contributed by atoms with van der Waals surface area (Å²) >= 11 is 0. The molecule has 6 heteroatoms. The maximum atomic E-state index is 15.2. The summed E-state index contributed by atoms with van der Waals surface area (Å²) in [4.78, 5) is 0.268. The van der Waals surface area contributed by atoms with Gasteiger partial charge in [-0.05, 0) is 49.6 Å². The van der Waals surface area contributed by atoms with Gasteiger partial charge in [-0.3, -0.25) is 0 Å². The number of benzene rings is 2. The second kappa shape index (κ2) is 7.37. The molecule has 0 aromatic heterocycles. The van der Waals surface area contributed by atoms with Crippen LogP contribution in [-0.2, 0) is 16.4 Å². The molecule has 1 fully saturated rings. The summed E-state index contributed by atoms with van der Waals surface area (Å²) in [7, 11) is -1.97. The van der Waals surface area contributed by atoms with Gasteiger partial charge < -0.3 is 4.74 Å². The van der Waals surface area contributed by atoms with Gasteiger partial charge in [-0.25, -0.2) is 12.8 Å². The molecule has 1 saturated heterocycles. The van der Waals surface area contributed by atoms with Crippen molar-refractivity contribution in [3.05, 3.63) is 59.7 Å². The lowest BCUT2D eigenvalue weighted by Crippen LogP contribution is -2.45. The molecule has 0 spiro atoms. The van der Waals surface area contributed by atoms with E-state index in [2.05, 4.69) is 0 Å². The number of sulfonamides is 1. The van der Waals surface area contributed by atoms with Crippen LogP contribution in [-0.4, -0.2) is 38.6 Å². The van der Waals surface area contributed by atoms with Crippen LogP contribution >= 0.6 is 0 Å². The number of methoxy groups -OCH3 is 1. The number of alkyl halides is 1. The highest BCUT2D eigenvalue weighted by Gasteiger charge is 2.38. The second-order valence-electron chi connectivity index (χ2n) is 6.89. The zero-order valence-electron chi connectivity index (χ0n) is 15.1. The lowest BCUT2D eigenvalue weighted by atomic mass is 9.88. The average Bonchev–Trinajstić information content (AvgIpc) is 2.63. The van der Waals surface area contributed by atoms with Gasteiger partial charge in [0.05, 0.1) is 12.0 Å². The van der Waals surface area contributed by atoms with Crippen LogP contribution in [0.5, 0.6) is 5.75 Å². The summed E-state index contributed by atoms with van der Waals surface area (Å²) in [6.45, 7) is 2.31. The van der Waals surface area contributed by atoms with E-state index in [-0.39, 0.29) is 37.2 Å². The van der Waals surface area contributed by atoms with Crippen LogP contribution in [0, 0.1) is 6.92 Å².